The maximum Gasteiger partial charge on any atom is 0.252 e. The van der Waals surface area contributed by atoms with Crippen molar-refractivity contribution in [2.45, 2.75) is 39.2 Å². The van der Waals surface area contributed by atoms with Crippen LogP contribution in [0.1, 0.15) is 43.5 Å². The van der Waals surface area contributed by atoms with Crippen LogP contribution >= 0.6 is 0 Å². The van der Waals surface area contributed by atoms with Crippen LogP contribution in [-0.4, -0.2) is 16.9 Å². The van der Waals surface area contributed by atoms with Crippen molar-refractivity contribution in [3.63, 3.8) is 0 Å². The Balaban J connectivity index is 2.07. The Morgan fingerprint density at radius 1 is 1.47 bits per heavy atom. The van der Waals surface area contributed by atoms with Gasteiger partial charge in [0.05, 0.1) is 5.56 Å². The molecule has 1 saturated carbocycles. The molecule has 1 aliphatic rings. The quantitative estimate of drug-likeness (QED) is 0.818. The molecule has 0 saturated heterocycles. The van der Waals surface area contributed by atoms with Gasteiger partial charge in [0.2, 0.25) is 5.56 Å². The van der Waals surface area contributed by atoms with Gasteiger partial charge in [-0.2, -0.15) is 0 Å². The first-order valence-electron chi connectivity index (χ1n) is 5.99. The molecule has 1 heterocycles. The monoisotopic (exact) mass is 234 g/mol. The number of rotatable bonds is 2. The summed E-state index contributed by atoms with van der Waals surface area (Å²) < 4.78 is 0. The third-order valence-electron chi connectivity index (χ3n) is 3.61. The first kappa shape index (κ1) is 11.9. The van der Waals surface area contributed by atoms with Crippen molar-refractivity contribution in [3.05, 3.63) is 34.2 Å². The average molecular weight is 234 g/mol. The molecule has 1 amide bonds. The van der Waals surface area contributed by atoms with Crippen LogP contribution in [-0.2, 0) is 0 Å². The Kier molecular flexibility index (Phi) is 3.05. The predicted molar refractivity (Wildman–Crippen MR) is 65.9 cm³/mol. The molecule has 0 bridgehead atoms. The number of hydrogen-bond donors (Lipinski definition) is 2. The molecule has 0 spiro atoms. The number of pyridine rings is 1. The second-order valence-electron chi connectivity index (χ2n) is 5.35. The van der Waals surface area contributed by atoms with Gasteiger partial charge in [0.25, 0.3) is 5.91 Å². The number of carbonyl (C=O) groups excluding carboxylic acids is 1. The van der Waals surface area contributed by atoms with Gasteiger partial charge in [-0.15, -0.1) is 0 Å². The van der Waals surface area contributed by atoms with E-state index in [4.69, 9.17) is 0 Å². The number of aromatic nitrogens is 1. The Bertz CT molecular complexity index is 456. The second-order valence-corrected chi connectivity index (χ2v) is 5.35. The molecule has 1 aromatic rings. The lowest BCUT2D eigenvalue weighted by atomic mass is 9.87. The Hall–Kier alpha value is -1.58. The normalized spacial score (nSPS) is 22.4. The van der Waals surface area contributed by atoms with Gasteiger partial charge < -0.3 is 10.3 Å². The van der Waals surface area contributed by atoms with E-state index < -0.39 is 0 Å². The van der Waals surface area contributed by atoms with E-state index in [0.717, 1.165) is 19.3 Å². The van der Waals surface area contributed by atoms with E-state index in [1.807, 2.05) is 0 Å². The van der Waals surface area contributed by atoms with Crippen LogP contribution in [0, 0.1) is 5.41 Å². The third-order valence-corrected chi connectivity index (χ3v) is 3.61. The van der Waals surface area contributed by atoms with Crippen LogP contribution in [0.5, 0.6) is 0 Å². The third kappa shape index (κ3) is 2.57. The van der Waals surface area contributed by atoms with E-state index in [2.05, 4.69) is 24.1 Å². The SMILES string of the molecule is CC1(C)CCCC1NC(=O)c1ccc(=O)[nH]c1. The lowest BCUT2D eigenvalue weighted by Gasteiger charge is -2.27. The summed E-state index contributed by atoms with van der Waals surface area (Å²) in [5.74, 6) is -0.110. The molecule has 17 heavy (non-hydrogen) atoms. The highest BCUT2D eigenvalue weighted by Gasteiger charge is 2.35. The summed E-state index contributed by atoms with van der Waals surface area (Å²) in [6.45, 7) is 4.36. The Labute approximate surface area is 100 Å². The van der Waals surface area contributed by atoms with Crippen molar-refractivity contribution in [2.24, 2.45) is 5.41 Å². The molecule has 4 nitrogen and oxygen atoms in total. The summed E-state index contributed by atoms with van der Waals surface area (Å²) in [4.78, 5) is 25.4. The molecule has 1 fully saturated rings. The lowest BCUT2D eigenvalue weighted by molar-refractivity contribution is 0.0909. The fourth-order valence-electron chi connectivity index (χ4n) is 2.39. The number of hydrogen-bond acceptors (Lipinski definition) is 2. The number of amides is 1. The van der Waals surface area contributed by atoms with Crippen molar-refractivity contribution in [1.82, 2.24) is 10.3 Å². The summed E-state index contributed by atoms with van der Waals surface area (Å²) in [5, 5.41) is 3.04. The summed E-state index contributed by atoms with van der Waals surface area (Å²) in [7, 11) is 0. The molecule has 0 aliphatic heterocycles. The van der Waals surface area contributed by atoms with E-state index >= 15 is 0 Å². The van der Waals surface area contributed by atoms with Crippen LogP contribution in [0.15, 0.2) is 23.1 Å². The van der Waals surface area contributed by atoms with Gasteiger partial charge in [0, 0.05) is 18.3 Å². The van der Waals surface area contributed by atoms with E-state index in [0.29, 0.717) is 5.56 Å². The maximum atomic E-state index is 12.0. The summed E-state index contributed by atoms with van der Waals surface area (Å²) in [5.41, 5.74) is 0.479. The molecule has 0 aromatic carbocycles. The van der Waals surface area contributed by atoms with Crippen LogP contribution in [0.4, 0.5) is 0 Å². The smallest absolute Gasteiger partial charge is 0.252 e. The van der Waals surface area contributed by atoms with Gasteiger partial charge in [-0.1, -0.05) is 20.3 Å². The minimum absolute atomic E-state index is 0.110. The number of nitrogens with one attached hydrogen (secondary N) is 2. The van der Waals surface area contributed by atoms with E-state index in [1.54, 1.807) is 6.07 Å². The van der Waals surface area contributed by atoms with Gasteiger partial charge in [-0.3, -0.25) is 9.59 Å². The highest BCUT2D eigenvalue weighted by molar-refractivity contribution is 5.94. The highest BCUT2D eigenvalue weighted by Crippen LogP contribution is 2.37. The minimum atomic E-state index is -0.192. The molecular weight excluding hydrogens is 216 g/mol. The second kappa shape index (κ2) is 4.35. The molecule has 1 atom stereocenters. The Morgan fingerprint density at radius 3 is 2.76 bits per heavy atom. The molecule has 2 rings (SSSR count). The Morgan fingerprint density at radius 2 is 2.24 bits per heavy atom. The largest absolute Gasteiger partial charge is 0.349 e. The fourth-order valence-corrected chi connectivity index (χ4v) is 2.39. The van der Waals surface area contributed by atoms with Crippen LogP contribution in [0.25, 0.3) is 0 Å². The zero-order valence-electron chi connectivity index (χ0n) is 10.2. The van der Waals surface area contributed by atoms with Crippen molar-refractivity contribution in [1.29, 1.82) is 0 Å². The van der Waals surface area contributed by atoms with Gasteiger partial charge >= 0.3 is 0 Å². The predicted octanol–water partition coefficient (Wildman–Crippen LogP) is 1.68. The average Bonchev–Trinajstić information content (AvgIpc) is 2.59. The van der Waals surface area contributed by atoms with E-state index in [9.17, 15) is 9.59 Å². The van der Waals surface area contributed by atoms with Crippen molar-refractivity contribution in [3.8, 4) is 0 Å². The summed E-state index contributed by atoms with van der Waals surface area (Å²) >= 11 is 0. The first-order chi connectivity index (χ1) is 7.99. The van der Waals surface area contributed by atoms with Gasteiger partial charge in [-0.05, 0) is 24.3 Å². The maximum absolute atomic E-state index is 12.0. The molecule has 1 aliphatic carbocycles. The lowest BCUT2D eigenvalue weighted by Crippen LogP contribution is -2.41. The summed E-state index contributed by atoms with van der Waals surface area (Å²) in [6.07, 6.45) is 4.79. The standard InChI is InChI=1S/C13H18N2O2/c1-13(2)7-3-4-10(13)15-12(17)9-5-6-11(16)14-8-9/h5-6,8,10H,3-4,7H2,1-2H3,(H,14,16)(H,15,17). The molecular formula is C13H18N2O2. The minimum Gasteiger partial charge on any atom is -0.349 e. The van der Waals surface area contributed by atoms with Crippen molar-refractivity contribution in [2.75, 3.05) is 0 Å². The van der Waals surface area contributed by atoms with Crippen LogP contribution < -0.4 is 10.9 Å². The van der Waals surface area contributed by atoms with Gasteiger partial charge in [-0.25, -0.2) is 0 Å². The first-order valence-corrected chi connectivity index (χ1v) is 5.99. The van der Waals surface area contributed by atoms with Gasteiger partial charge in [0.1, 0.15) is 0 Å². The van der Waals surface area contributed by atoms with Crippen molar-refractivity contribution >= 4 is 5.91 Å². The van der Waals surface area contributed by atoms with Gasteiger partial charge in [0.15, 0.2) is 0 Å². The molecule has 1 aromatic heterocycles. The topological polar surface area (TPSA) is 62.0 Å². The fraction of sp³-hybridized carbons (Fsp3) is 0.538. The van der Waals surface area contributed by atoms with Crippen LogP contribution in [0.2, 0.25) is 0 Å². The van der Waals surface area contributed by atoms with E-state index in [-0.39, 0.29) is 22.9 Å². The number of carbonyl (C=O) groups is 1. The van der Waals surface area contributed by atoms with E-state index in [1.165, 1.54) is 12.3 Å². The molecule has 1 unspecified atom stereocenters. The molecule has 92 valence electrons. The zero-order valence-corrected chi connectivity index (χ0v) is 10.2. The molecule has 4 heteroatoms. The highest BCUT2D eigenvalue weighted by atomic mass is 16.2. The van der Waals surface area contributed by atoms with Crippen molar-refractivity contribution < 1.29 is 4.79 Å². The molecule has 0 radical (unpaired) electrons. The zero-order chi connectivity index (χ0) is 12.5. The number of aromatic amines is 1. The number of H-pyrrole nitrogens is 1. The molecule has 2 N–H and O–H groups in total. The van der Waals surface area contributed by atoms with Crippen LogP contribution in [0.3, 0.4) is 0 Å². The summed E-state index contributed by atoms with van der Waals surface area (Å²) in [6, 6.07) is 3.15.